The molecular formula is C15H23ClN2O3. The average Bonchev–Trinajstić information content (AvgIpc) is 2.37. The summed E-state index contributed by atoms with van der Waals surface area (Å²) >= 11 is 5.98. The molecule has 2 unspecified atom stereocenters. The lowest BCUT2D eigenvalue weighted by Crippen LogP contribution is -2.38. The topological polar surface area (TPSA) is 73.6 Å². The molecule has 0 radical (unpaired) electrons. The first-order chi connectivity index (χ1) is 9.92. The maximum atomic E-state index is 11.8. The van der Waals surface area contributed by atoms with E-state index in [1.54, 1.807) is 19.2 Å². The standard InChI is InChI=1S/C15H23ClN2O3/c1-10(17)6-12-7-13(16)4-5-14(12)21-9-15(19)18-11(2)8-20-3/h4-5,7,10-11H,6,8-9,17H2,1-3H3,(H,18,19). The lowest BCUT2D eigenvalue weighted by Gasteiger charge is -2.15. The summed E-state index contributed by atoms with van der Waals surface area (Å²) in [5.41, 5.74) is 6.71. The summed E-state index contributed by atoms with van der Waals surface area (Å²) in [7, 11) is 1.59. The molecule has 1 aromatic rings. The number of hydrogen-bond acceptors (Lipinski definition) is 4. The van der Waals surface area contributed by atoms with Gasteiger partial charge >= 0.3 is 0 Å². The van der Waals surface area contributed by atoms with Crippen LogP contribution >= 0.6 is 11.6 Å². The van der Waals surface area contributed by atoms with Gasteiger partial charge in [0.05, 0.1) is 6.61 Å². The largest absolute Gasteiger partial charge is 0.483 e. The number of ether oxygens (including phenoxy) is 2. The van der Waals surface area contributed by atoms with Crippen molar-refractivity contribution in [3.63, 3.8) is 0 Å². The van der Waals surface area contributed by atoms with Crippen molar-refractivity contribution in [3.8, 4) is 5.75 Å². The summed E-state index contributed by atoms with van der Waals surface area (Å²) in [6.45, 7) is 4.18. The quantitative estimate of drug-likeness (QED) is 0.767. The van der Waals surface area contributed by atoms with E-state index < -0.39 is 0 Å². The van der Waals surface area contributed by atoms with E-state index in [9.17, 15) is 4.79 Å². The average molecular weight is 315 g/mol. The fourth-order valence-electron chi connectivity index (χ4n) is 1.95. The number of carbonyl (C=O) groups excluding carboxylic acids is 1. The molecule has 0 bridgehead atoms. The molecular weight excluding hydrogens is 292 g/mol. The van der Waals surface area contributed by atoms with Crippen molar-refractivity contribution in [2.24, 2.45) is 5.73 Å². The van der Waals surface area contributed by atoms with Crippen LogP contribution in [-0.4, -0.2) is 38.3 Å². The Bertz CT molecular complexity index is 466. The van der Waals surface area contributed by atoms with Crippen LogP contribution in [0, 0.1) is 0 Å². The Labute approximate surface area is 130 Å². The Morgan fingerprint density at radius 1 is 1.43 bits per heavy atom. The van der Waals surface area contributed by atoms with Gasteiger partial charge in [-0.25, -0.2) is 0 Å². The van der Waals surface area contributed by atoms with Gasteiger partial charge in [0.25, 0.3) is 5.91 Å². The molecule has 3 N–H and O–H groups in total. The van der Waals surface area contributed by atoms with E-state index >= 15 is 0 Å². The van der Waals surface area contributed by atoms with Crippen LogP contribution in [0.5, 0.6) is 5.75 Å². The zero-order valence-electron chi connectivity index (χ0n) is 12.7. The molecule has 118 valence electrons. The summed E-state index contributed by atoms with van der Waals surface area (Å²) in [5.74, 6) is 0.437. The number of carbonyl (C=O) groups is 1. The molecule has 0 aliphatic carbocycles. The summed E-state index contributed by atoms with van der Waals surface area (Å²) in [4.78, 5) is 11.8. The van der Waals surface area contributed by atoms with E-state index in [1.807, 2.05) is 19.9 Å². The minimum Gasteiger partial charge on any atom is -0.483 e. The number of rotatable bonds is 8. The number of nitrogens with two attached hydrogens (primary N) is 1. The van der Waals surface area contributed by atoms with Gasteiger partial charge in [-0.15, -0.1) is 0 Å². The van der Waals surface area contributed by atoms with E-state index in [0.29, 0.717) is 23.8 Å². The third kappa shape index (κ3) is 6.80. The van der Waals surface area contributed by atoms with Crippen LogP contribution in [-0.2, 0) is 16.0 Å². The summed E-state index contributed by atoms with van der Waals surface area (Å²) < 4.78 is 10.5. The van der Waals surface area contributed by atoms with Crippen molar-refractivity contribution in [2.45, 2.75) is 32.4 Å². The maximum Gasteiger partial charge on any atom is 0.258 e. The van der Waals surface area contributed by atoms with Gasteiger partial charge in [-0.2, -0.15) is 0 Å². The van der Waals surface area contributed by atoms with Gasteiger partial charge in [0.2, 0.25) is 0 Å². The zero-order chi connectivity index (χ0) is 15.8. The number of amides is 1. The fourth-order valence-corrected chi connectivity index (χ4v) is 2.14. The highest BCUT2D eigenvalue weighted by molar-refractivity contribution is 6.30. The number of methoxy groups -OCH3 is 1. The Balaban J connectivity index is 2.60. The first kappa shape index (κ1) is 17.8. The number of halogens is 1. The van der Waals surface area contributed by atoms with Gasteiger partial charge in [-0.05, 0) is 44.0 Å². The molecule has 5 nitrogen and oxygen atoms in total. The van der Waals surface area contributed by atoms with Crippen molar-refractivity contribution in [3.05, 3.63) is 28.8 Å². The molecule has 0 saturated carbocycles. The van der Waals surface area contributed by atoms with Crippen molar-refractivity contribution in [1.29, 1.82) is 0 Å². The van der Waals surface area contributed by atoms with Gasteiger partial charge in [-0.1, -0.05) is 11.6 Å². The summed E-state index contributed by atoms with van der Waals surface area (Å²) in [6, 6.07) is 5.23. The first-order valence-corrected chi connectivity index (χ1v) is 7.25. The molecule has 0 aliphatic heterocycles. The van der Waals surface area contributed by atoms with Gasteiger partial charge in [0.1, 0.15) is 5.75 Å². The second-order valence-corrected chi connectivity index (χ2v) is 5.58. The Morgan fingerprint density at radius 3 is 2.76 bits per heavy atom. The van der Waals surface area contributed by atoms with Crippen LogP contribution in [0.25, 0.3) is 0 Å². The van der Waals surface area contributed by atoms with Crippen LogP contribution in [0.1, 0.15) is 19.4 Å². The summed E-state index contributed by atoms with van der Waals surface area (Å²) in [6.07, 6.45) is 0.636. The van der Waals surface area contributed by atoms with Crippen molar-refractivity contribution in [1.82, 2.24) is 5.32 Å². The predicted octanol–water partition coefficient (Wildman–Crippen LogP) is 1.76. The monoisotopic (exact) mass is 314 g/mol. The Morgan fingerprint density at radius 2 is 2.14 bits per heavy atom. The highest BCUT2D eigenvalue weighted by Crippen LogP contribution is 2.24. The molecule has 1 aromatic carbocycles. The molecule has 1 amide bonds. The van der Waals surface area contributed by atoms with E-state index in [1.165, 1.54) is 0 Å². The molecule has 2 atom stereocenters. The normalized spacial score (nSPS) is 13.6. The van der Waals surface area contributed by atoms with Crippen molar-refractivity contribution in [2.75, 3.05) is 20.3 Å². The third-order valence-electron chi connectivity index (χ3n) is 2.75. The Hall–Kier alpha value is -1.30. The first-order valence-electron chi connectivity index (χ1n) is 6.87. The van der Waals surface area contributed by atoms with Crippen molar-refractivity contribution < 1.29 is 14.3 Å². The molecule has 0 saturated heterocycles. The lowest BCUT2D eigenvalue weighted by atomic mass is 10.1. The number of hydrogen-bond donors (Lipinski definition) is 2. The minimum atomic E-state index is -0.193. The van der Waals surface area contributed by atoms with Crippen LogP contribution in [0.15, 0.2) is 18.2 Å². The second-order valence-electron chi connectivity index (χ2n) is 5.15. The molecule has 1 rings (SSSR count). The predicted molar refractivity (Wildman–Crippen MR) is 83.8 cm³/mol. The van der Waals surface area contributed by atoms with E-state index in [-0.39, 0.29) is 24.6 Å². The highest BCUT2D eigenvalue weighted by atomic mass is 35.5. The molecule has 21 heavy (non-hydrogen) atoms. The zero-order valence-corrected chi connectivity index (χ0v) is 13.4. The van der Waals surface area contributed by atoms with Crippen LogP contribution < -0.4 is 15.8 Å². The molecule has 0 aromatic heterocycles. The SMILES string of the molecule is COCC(C)NC(=O)COc1ccc(Cl)cc1CC(C)N. The molecule has 0 spiro atoms. The van der Waals surface area contributed by atoms with Gasteiger partial charge < -0.3 is 20.5 Å². The second kappa shape index (κ2) is 8.87. The number of nitrogens with one attached hydrogen (secondary N) is 1. The molecule has 6 heteroatoms. The third-order valence-corrected chi connectivity index (χ3v) is 2.98. The number of benzene rings is 1. The van der Waals surface area contributed by atoms with Gasteiger partial charge in [0, 0.05) is 24.2 Å². The van der Waals surface area contributed by atoms with Gasteiger partial charge in [-0.3, -0.25) is 4.79 Å². The lowest BCUT2D eigenvalue weighted by molar-refractivity contribution is -0.124. The van der Waals surface area contributed by atoms with E-state index in [2.05, 4.69) is 5.32 Å². The molecule has 0 fully saturated rings. The smallest absolute Gasteiger partial charge is 0.258 e. The highest BCUT2D eigenvalue weighted by Gasteiger charge is 2.11. The van der Waals surface area contributed by atoms with Crippen LogP contribution in [0.2, 0.25) is 5.02 Å². The minimum absolute atomic E-state index is 0.0126. The Kier molecular flexibility index (Phi) is 7.50. The maximum absolute atomic E-state index is 11.8. The van der Waals surface area contributed by atoms with Crippen molar-refractivity contribution >= 4 is 17.5 Å². The van der Waals surface area contributed by atoms with E-state index in [4.69, 9.17) is 26.8 Å². The molecule has 0 aliphatic rings. The fraction of sp³-hybridized carbons (Fsp3) is 0.533. The van der Waals surface area contributed by atoms with Crippen LogP contribution in [0.4, 0.5) is 0 Å². The molecule has 0 heterocycles. The van der Waals surface area contributed by atoms with Crippen LogP contribution in [0.3, 0.4) is 0 Å². The summed E-state index contributed by atoms with van der Waals surface area (Å²) in [5, 5.41) is 3.40. The van der Waals surface area contributed by atoms with Gasteiger partial charge in [0.15, 0.2) is 6.61 Å². The van der Waals surface area contributed by atoms with E-state index in [0.717, 1.165) is 5.56 Å².